The molecule has 19 heavy (non-hydrogen) atoms. The smallest absolute Gasteiger partial charge is 0.260 e. The Kier molecular flexibility index (Phi) is 3.50. The van der Waals surface area contributed by atoms with Crippen LogP contribution < -0.4 is 10.1 Å². The normalized spacial score (nSPS) is 16.7. The summed E-state index contributed by atoms with van der Waals surface area (Å²) in [5.41, 5.74) is 0.758. The van der Waals surface area contributed by atoms with Crippen molar-refractivity contribution >= 4 is 11.5 Å². The van der Waals surface area contributed by atoms with Crippen LogP contribution in [0.1, 0.15) is 19.8 Å². The highest BCUT2D eigenvalue weighted by Crippen LogP contribution is 2.22. The number of hydrogen-bond acceptors (Lipinski definition) is 5. The number of nitrogens with one attached hydrogen (secondary N) is 1. The number of ether oxygens (including phenoxy) is 2. The van der Waals surface area contributed by atoms with E-state index in [-0.39, 0.29) is 6.10 Å². The molecule has 6 nitrogen and oxygen atoms in total. The van der Waals surface area contributed by atoms with Gasteiger partial charge in [-0.05, 0) is 6.92 Å². The van der Waals surface area contributed by atoms with E-state index in [2.05, 4.69) is 15.3 Å². The number of nitrogens with zero attached hydrogens (tertiary/aromatic N) is 3. The summed E-state index contributed by atoms with van der Waals surface area (Å²) >= 11 is 0. The summed E-state index contributed by atoms with van der Waals surface area (Å²) in [6.45, 7) is 4.37. The zero-order valence-corrected chi connectivity index (χ0v) is 11.0. The lowest BCUT2D eigenvalue weighted by Crippen LogP contribution is -2.26. The van der Waals surface area contributed by atoms with Gasteiger partial charge in [-0.25, -0.2) is 4.98 Å². The first-order valence-electron chi connectivity index (χ1n) is 6.69. The summed E-state index contributed by atoms with van der Waals surface area (Å²) in [6, 6.07) is 0. The highest BCUT2D eigenvalue weighted by molar-refractivity contribution is 5.53. The lowest BCUT2D eigenvalue weighted by atomic mass is 10.2. The summed E-state index contributed by atoms with van der Waals surface area (Å²) in [5, 5.41) is 3.20. The minimum atomic E-state index is 0.165. The van der Waals surface area contributed by atoms with Crippen molar-refractivity contribution in [3.63, 3.8) is 0 Å². The molecule has 6 heteroatoms. The third-order valence-corrected chi connectivity index (χ3v) is 3.15. The molecule has 3 heterocycles. The maximum Gasteiger partial charge on any atom is 0.260 e. The molecule has 0 aliphatic carbocycles. The SMILES string of the molecule is CCNc1cn2ccnc2c(OC2CCOCC2)n1. The molecule has 102 valence electrons. The molecule has 0 unspecified atom stereocenters. The van der Waals surface area contributed by atoms with E-state index in [0.717, 1.165) is 44.1 Å². The Hall–Kier alpha value is -1.82. The molecule has 0 amide bonds. The molecule has 1 N–H and O–H groups in total. The molecule has 0 atom stereocenters. The van der Waals surface area contributed by atoms with Crippen LogP contribution in [0, 0.1) is 0 Å². The van der Waals surface area contributed by atoms with Crippen LogP contribution in [0.25, 0.3) is 5.65 Å². The average molecular weight is 262 g/mol. The minimum absolute atomic E-state index is 0.165. The molecular formula is C13H18N4O2. The summed E-state index contributed by atoms with van der Waals surface area (Å²) in [6.07, 6.45) is 7.54. The Balaban J connectivity index is 1.88. The predicted molar refractivity (Wildman–Crippen MR) is 71.6 cm³/mol. The van der Waals surface area contributed by atoms with Crippen molar-refractivity contribution in [1.29, 1.82) is 0 Å². The topological polar surface area (TPSA) is 60.7 Å². The first-order chi connectivity index (χ1) is 9.36. The molecule has 2 aromatic rings. The van der Waals surface area contributed by atoms with E-state index in [1.54, 1.807) is 6.20 Å². The molecule has 1 fully saturated rings. The Morgan fingerprint density at radius 3 is 3.11 bits per heavy atom. The molecular weight excluding hydrogens is 244 g/mol. The highest BCUT2D eigenvalue weighted by Gasteiger charge is 2.18. The van der Waals surface area contributed by atoms with Crippen molar-refractivity contribution in [1.82, 2.24) is 14.4 Å². The van der Waals surface area contributed by atoms with Crippen LogP contribution in [-0.4, -0.2) is 40.2 Å². The van der Waals surface area contributed by atoms with Crippen LogP contribution in [0.2, 0.25) is 0 Å². The maximum absolute atomic E-state index is 6.00. The van der Waals surface area contributed by atoms with Crippen molar-refractivity contribution in [2.75, 3.05) is 25.1 Å². The zero-order valence-electron chi connectivity index (χ0n) is 11.0. The van der Waals surface area contributed by atoms with Gasteiger partial charge in [0.2, 0.25) is 5.65 Å². The van der Waals surface area contributed by atoms with Gasteiger partial charge in [0, 0.05) is 31.8 Å². The molecule has 0 radical (unpaired) electrons. The molecule has 1 aliphatic heterocycles. The first kappa shape index (κ1) is 12.2. The van der Waals surface area contributed by atoms with E-state index in [0.29, 0.717) is 5.88 Å². The van der Waals surface area contributed by atoms with Crippen molar-refractivity contribution in [2.24, 2.45) is 0 Å². The summed E-state index contributed by atoms with van der Waals surface area (Å²) < 4.78 is 13.3. The standard InChI is InChI=1S/C13H18N4O2/c1-2-14-11-9-17-6-5-15-12(17)13(16-11)19-10-3-7-18-8-4-10/h5-6,9-10,14H,2-4,7-8H2,1H3. The minimum Gasteiger partial charge on any atom is -0.471 e. The van der Waals surface area contributed by atoms with Gasteiger partial charge in [-0.3, -0.25) is 4.40 Å². The molecule has 0 saturated carbocycles. The largest absolute Gasteiger partial charge is 0.471 e. The highest BCUT2D eigenvalue weighted by atomic mass is 16.5. The molecule has 2 aromatic heterocycles. The number of aromatic nitrogens is 3. The second-order valence-electron chi connectivity index (χ2n) is 4.55. The Morgan fingerprint density at radius 2 is 2.32 bits per heavy atom. The van der Waals surface area contributed by atoms with Crippen molar-refractivity contribution in [3.05, 3.63) is 18.6 Å². The van der Waals surface area contributed by atoms with E-state index < -0.39 is 0 Å². The van der Waals surface area contributed by atoms with E-state index in [4.69, 9.17) is 9.47 Å². The Bertz CT molecular complexity index is 549. The summed E-state index contributed by atoms with van der Waals surface area (Å²) in [5.74, 6) is 1.39. The fourth-order valence-electron chi connectivity index (χ4n) is 2.20. The van der Waals surface area contributed by atoms with Gasteiger partial charge >= 0.3 is 0 Å². The number of hydrogen-bond donors (Lipinski definition) is 1. The molecule has 3 rings (SSSR count). The van der Waals surface area contributed by atoms with Gasteiger partial charge in [-0.1, -0.05) is 0 Å². The summed E-state index contributed by atoms with van der Waals surface area (Å²) in [4.78, 5) is 8.80. The summed E-state index contributed by atoms with van der Waals surface area (Å²) in [7, 11) is 0. The monoisotopic (exact) mass is 262 g/mol. The lowest BCUT2D eigenvalue weighted by molar-refractivity contribution is 0.0242. The van der Waals surface area contributed by atoms with Gasteiger partial charge in [-0.2, -0.15) is 4.98 Å². The lowest BCUT2D eigenvalue weighted by Gasteiger charge is -2.23. The van der Waals surface area contributed by atoms with E-state index in [1.807, 2.05) is 23.7 Å². The number of rotatable bonds is 4. The number of anilines is 1. The van der Waals surface area contributed by atoms with Gasteiger partial charge in [0.05, 0.1) is 19.4 Å². The van der Waals surface area contributed by atoms with Crippen molar-refractivity contribution in [2.45, 2.75) is 25.9 Å². The van der Waals surface area contributed by atoms with Crippen LogP contribution in [0.4, 0.5) is 5.82 Å². The van der Waals surface area contributed by atoms with E-state index >= 15 is 0 Å². The van der Waals surface area contributed by atoms with Crippen LogP contribution in [-0.2, 0) is 4.74 Å². The Morgan fingerprint density at radius 1 is 1.47 bits per heavy atom. The average Bonchev–Trinajstić information content (AvgIpc) is 2.89. The van der Waals surface area contributed by atoms with Crippen molar-refractivity contribution < 1.29 is 9.47 Å². The van der Waals surface area contributed by atoms with E-state index in [9.17, 15) is 0 Å². The van der Waals surface area contributed by atoms with Crippen LogP contribution in [0.5, 0.6) is 5.88 Å². The van der Waals surface area contributed by atoms with Crippen molar-refractivity contribution in [3.8, 4) is 5.88 Å². The van der Waals surface area contributed by atoms with Gasteiger partial charge in [0.1, 0.15) is 11.9 Å². The third-order valence-electron chi connectivity index (χ3n) is 3.15. The zero-order chi connectivity index (χ0) is 13.1. The number of imidazole rings is 1. The number of fused-ring (bicyclic) bond motifs is 1. The predicted octanol–water partition coefficient (Wildman–Crippen LogP) is 1.72. The molecule has 1 saturated heterocycles. The third kappa shape index (κ3) is 2.63. The van der Waals surface area contributed by atoms with Gasteiger partial charge in [0.25, 0.3) is 5.88 Å². The van der Waals surface area contributed by atoms with E-state index in [1.165, 1.54) is 0 Å². The molecule has 0 spiro atoms. The maximum atomic E-state index is 6.00. The fourth-order valence-corrected chi connectivity index (χ4v) is 2.20. The van der Waals surface area contributed by atoms with Gasteiger partial charge in [-0.15, -0.1) is 0 Å². The molecule has 0 aromatic carbocycles. The fraction of sp³-hybridized carbons (Fsp3) is 0.538. The molecule has 0 bridgehead atoms. The second kappa shape index (κ2) is 5.44. The first-order valence-corrected chi connectivity index (χ1v) is 6.69. The quantitative estimate of drug-likeness (QED) is 0.909. The molecule has 1 aliphatic rings. The van der Waals surface area contributed by atoms with Crippen LogP contribution in [0.3, 0.4) is 0 Å². The van der Waals surface area contributed by atoms with Crippen LogP contribution >= 0.6 is 0 Å². The van der Waals surface area contributed by atoms with Crippen LogP contribution in [0.15, 0.2) is 18.6 Å². The van der Waals surface area contributed by atoms with Gasteiger partial charge in [0.15, 0.2) is 0 Å². The Labute approximate surface area is 111 Å². The second-order valence-corrected chi connectivity index (χ2v) is 4.55. The van der Waals surface area contributed by atoms with Gasteiger partial charge < -0.3 is 14.8 Å².